The lowest BCUT2D eigenvalue weighted by Crippen LogP contribution is -2.13. The van der Waals surface area contributed by atoms with Crippen molar-refractivity contribution in [3.8, 4) is 11.7 Å². The van der Waals surface area contributed by atoms with Crippen molar-refractivity contribution >= 4 is 15.5 Å². The highest BCUT2D eigenvalue weighted by molar-refractivity contribution is 7.89. The number of hydrogen-bond donors (Lipinski definition) is 1. The second-order valence-corrected chi connectivity index (χ2v) is 8.29. The molecule has 3 heterocycles. The molecule has 0 radical (unpaired) electrons. The highest BCUT2D eigenvalue weighted by Gasteiger charge is 2.23. The lowest BCUT2D eigenvalue weighted by atomic mass is 9.90. The van der Waals surface area contributed by atoms with Gasteiger partial charge in [0.15, 0.2) is 10.9 Å². The van der Waals surface area contributed by atoms with E-state index in [1.54, 1.807) is 28.8 Å². The Morgan fingerprint density at radius 2 is 2.00 bits per heavy atom. The van der Waals surface area contributed by atoms with Gasteiger partial charge in [-0.15, -0.1) is 0 Å². The number of primary sulfonamides is 1. The number of aryl methyl sites for hydroxylation is 1. The van der Waals surface area contributed by atoms with E-state index in [2.05, 4.69) is 35.9 Å². The van der Waals surface area contributed by atoms with Gasteiger partial charge >= 0.3 is 0 Å². The van der Waals surface area contributed by atoms with Crippen molar-refractivity contribution in [1.82, 2.24) is 19.5 Å². The maximum atomic E-state index is 11.7. The molecule has 0 bridgehead atoms. The number of hydrogen-bond acceptors (Lipinski definition) is 6. The van der Waals surface area contributed by atoms with Crippen molar-refractivity contribution in [2.75, 3.05) is 0 Å². The summed E-state index contributed by atoms with van der Waals surface area (Å²) >= 11 is 0. The monoisotopic (exact) mass is 349 g/mol. The number of nitrogens with two attached hydrogens (primary N) is 1. The summed E-state index contributed by atoms with van der Waals surface area (Å²) in [6.45, 7) is 6.40. The Hall–Kier alpha value is -2.26. The molecule has 0 aliphatic carbocycles. The number of pyridine rings is 1. The highest BCUT2D eigenvalue weighted by atomic mass is 32.2. The van der Waals surface area contributed by atoms with Gasteiger partial charge in [0.2, 0.25) is 5.82 Å². The van der Waals surface area contributed by atoms with Crippen LogP contribution in [-0.4, -0.2) is 27.9 Å². The van der Waals surface area contributed by atoms with Crippen LogP contribution in [0.1, 0.15) is 33.0 Å². The molecule has 3 rings (SSSR count). The SMILES string of the molecule is CC(C)(C)CCc1noc(-c2nc(S(N)(=O)=O)c3ccccn23)n1. The van der Waals surface area contributed by atoms with Crippen molar-refractivity contribution in [3.05, 3.63) is 30.2 Å². The van der Waals surface area contributed by atoms with Crippen molar-refractivity contribution in [2.24, 2.45) is 10.6 Å². The van der Waals surface area contributed by atoms with Crippen LogP contribution in [0.2, 0.25) is 0 Å². The first kappa shape index (κ1) is 16.6. The van der Waals surface area contributed by atoms with Crippen LogP contribution in [-0.2, 0) is 16.4 Å². The second-order valence-electron chi connectivity index (χ2n) is 6.82. The Labute approximate surface area is 139 Å². The molecule has 2 N–H and O–H groups in total. The lowest BCUT2D eigenvalue weighted by Gasteiger charge is -2.15. The van der Waals surface area contributed by atoms with E-state index < -0.39 is 10.0 Å². The van der Waals surface area contributed by atoms with Crippen molar-refractivity contribution in [2.45, 2.75) is 38.6 Å². The van der Waals surface area contributed by atoms with Crippen molar-refractivity contribution in [3.63, 3.8) is 0 Å². The van der Waals surface area contributed by atoms with E-state index in [0.29, 0.717) is 17.8 Å². The molecule has 0 aliphatic rings. The summed E-state index contributed by atoms with van der Waals surface area (Å²) < 4.78 is 30.3. The van der Waals surface area contributed by atoms with E-state index in [0.717, 1.165) is 6.42 Å². The van der Waals surface area contributed by atoms with Crippen LogP contribution in [0.5, 0.6) is 0 Å². The molecule has 0 atom stereocenters. The molecule has 9 heteroatoms. The molecule has 0 unspecified atom stereocenters. The van der Waals surface area contributed by atoms with E-state index >= 15 is 0 Å². The minimum absolute atomic E-state index is 0.154. The van der Waals surface area contributed by atoms with E-state index in [9.17, 15) is 8.42 Å². The maximum Gasteiger partial charge on any atom is 0.294 e. The number of sulfonamides is 1. The van der Waals surface area contributed by atoms with Gasteiger partial charge in [-0.05, 0) is 24.0 Å². The number of rotatable bonds is 4. The molecule has 3 aromatic rings. The van der Waals surface area contributed by atoms with Gasteiger partial charge in [0.1, 0.15) is 0 Å². The molecule has 0 aliphatic heterocycles. The topological polar surface area (TPSA) is 116 Å². The summed E-state index contributed by atoms with van der Waals surface area (Å²) in [6, 6.07) is 5.08. The van der Waals surface area contributed by atoms with Gasteiger partial charge in [-0.2, -0.15) is 4.98 Å². The van der Waals surface area contributed by atoms with E-state index in [1.807, 2.05) is 0 Å². The van der Waals surface area contributed by atoms with Gasteiger partial charge < -0.3 is 4.52 Å². The van der Waals surface area contributed by atoms with Crippen LogP contribution in [0.15, 0.2) is 33.9 Å². The molecular formula is C15H19N5O3S. The molecule has 0 fully saturated rings. The average Bonchev–Trinajstić information content (AvgIpc) is 3.08. The van der Waals surface area contributed by atoms with Gasteiger partial charge in [-0.25, -0.2) is 18.5 Å². The van der Waals surface area contributed by atoms with Crippen LogP contribution in [0, 0.1) is 5.41 Å². The van der Waals surface area contributed by atoms with Crippen molar-refractivity contribution < 1.29 is 12.9 Å². The Morgan fingerprint density at radius 1 is 1.25 bits per heavy atom. The van der Waals surface area contributed by atoms with Crippen LogP contribution in [0.25, 0.3) is 17.2 Å². The third-order valence-corrected chi connectivity index (χ3v) is 4.38. The smallest absolute Gasteiger partial charge is 0.294 e. The molecular weight excluding hydrogens is 330 g/mol. The minimum Gasteiger partial charge on any atom is -0.331 e. The van der Waals surface area contributed by atoms with E-state index in [-0.39, 0.29) is 22.2 Å². The zero-order valence-corrected chi connectivity index (χ0v) is 14.5. The first-order valence-corrected chi connectivity index (χ1v) is 9.03. The molecule has 3 aromatic heterocycles. The van der Waals surface area contributed by atoms with Gasteiger partial charge in [0.05, 0.1) is 5.52 Å². The predicted molar refractivity (Wildman–Crippen MR) is 87.6 cm³/mol. The fourth-order valence-corrected chi connectivity index (χ4v) is 2.97. The number of aromatic nitrogens is 4. The Balaban J connectivity index is 2.03. The number of nitrogens with zero attached hydrogens (tertiary/aromatic N) is 4. The second kappa shape index (κ2) is 5.67. The van der Waals surface area contributed by atoms with Crippen LogP contribution < -0.4 is 5.14 Å². The van der Waals surface area contributed by atoms with Gasteiger partial charge in [0, 0.05) is 12.6 Å². The molecule has 8 nitrogen and oxygen atoms in total. The fraction of sp³-hybridized carbons (Fsp3) is 0.400. The normalized spacial score (nSPS) is 12.8. The zero-order chi connectivity index (χ0) is 17.5. The third kappa shape index (κ3) is 3.31. The first-order valence-electron chi connectivity index (χ1n) is 7.48. The minimum atomic E-state index is -3.96. The molecule has 0 aromatic carbocycles. The Bertz CT molecular complexity index is 982. The van der Waals surface area contributed by atoms with Crippen LogP contribution in [0.3, 0.4) is 0 Å². The summed E-state index contributed by atoms with van der Waals surface area (Å²) in [7, 11) is -3.96. The number of imidazole rings is 1. The largest absolute Gasteiger partial charge is 0.331 e. The highest BCUT2D eigenvalue weighted by Crippen LogP contribution is 2.25. The zero-order valence-electron chi connectivity index (χ0n) is 13.7. The van der Waals surface area contributed by atoms with E-state index in [4.69, 9.17) is 9.66 Å². The molecule has 0 saturated heterocycles. The summed E-state index contributed by atoms with van der Waals surface area (Å²) in [5.41, 5.74) is 0.520. The number of fused-ring (bicyclic) bond motifs is 1. The maximum absolute atomic E-state index is 11.7. The summed E-state index contributed by atoms with van der Waals surface area (Å²) in [5, 5.41) is 8.98. The third-order valence-electron chi connectivity index (χ3n) is 3.54. The summed E-state index contributed by atoms with van der Waals surface area (Å²) in [6.07, 6.45) is 3.24. The molecule has 128 valence electrons. The molecule has 0 saturated carbocycles. The van der Waals surface area contributed by atoms with Crippen LogP contribution in [0.4, 0.5) is 0 Å². The Kier molecular flexibility index (Phi) is 3.92. The standard InChI is InChI=1S/C15H19N5O3S/c1-15(2,3)8-7-11-17-13(23-19-11)12-18-14(24(16,21)22)10-6-4-5-9-20(10)12/h4-6,9H,7-8H2,1-3H3,(H2,16,21,22). The average molecular weight is 349 g/mol. The summed E-state index contributed by atoms with van der Waals surface area (Å²) in [4.78, 5) is 8.44. The first-order chi connectivity index (χ1) is 11.1. The molecule has 0 spiro atoms. The van der Waals surface area contributed by atoms with Gasteiger partial charge in [-0.3, -0.25) is 4.40 Å². The molecule has 24 heavy (non-hydrogen) atoms. The lowest BCUT2D eigenvalue weighted by molar-refractivity contribution is 0.365. The van der Waals surface area contributed by atoms with Crippen molar-refractivity contribution in [1.29, 1.82) is 0 Å². The summed E-state index contributed by atoms with van der Waals surface area (Å²) in [5.74, 6) is 0.976. The quantitative estimate of drug-likeness (QED) is 0.770. The van der Waals surface area contributed by atoms with Crippen LogP contribution >= 0.6 is 0 Å². The van der Waals surface area contributed by atoms with E-state index in [1.165, 1.54) is 0 Å². The fourth-order valence-electron chi connectivity index (χ4n) is 2.30. The molecule has 0 amide bonds. The van der Waals surface area contributed by atoms with Gasteiger partial charge in [-0.1, -0.05) is 32.0 Å². The predicted octanol–water partition coefficient (Wildman–Crippen LogP) is 2.01. The Morgan fingerprint density at radius 3 is 2.67 bits per heavy atom. The van der Waals surface area contributed by atoms with Gasteiger partial charge in [0.25, 0.3) is 15.9 Å².